The number of hydrogen-bond donors (Lipinski definition) is 1. The summed E-state index contributed by atoms with van der Waals surface area (Å²) in [7, 11) is 0. The largest absolute Gasteiger partial charge is 0.361 e. The van der Waals surface area contributed by atoms with Gasteiger partial charge >= 0.3 is 0 Å². The molecule has 0 amide bonds. The molecule has 0 spiro atoms. The third kappa shape index (κ3) is 3.14. The van der Waals surface area contributed by atoms with Gasteiger partial charge in [0.2, 0.25) is 5.28 Å². The Bertz CT molecular complexity index is 466. The summed E-state index contributed by atoms with van der Waals surface area (Å²) in [6, 6.07) is 2.04. The molecule has 2 heterocycles. The van der Waals surface area contributed by atoms with Crippen LogP contribution in [0.4, 0.5) is 5.82 Å². The minimum Gasteiger partial charge on any atom is -0.361 e. The van der Waals surface area contributed by atoms with Gasteiger partial charge in [-0.3, -0.25) is 0 Å². The molecule has 17 heavy (non-hydrogen) atoms. The first kappa shape index (κ1) is 12.3. The van der Waals surface area contributed by atoms with Crippen molar-refractivity contribution in [3.8, 4) is 0 Å². The van der Waals surface area contributed by atoms with E-state index in [9.17, 15) is 0 Å². The van der Waals surface area contributed by atoms with Crippen molar-refractivity contribution in [1.82, 2.24) is 15.0 Å². The Morgan fingerprint density at radius 2 is 2.29 bits per heavy atom. The number of thiazole rings is 1. The number of aromatic nitrogens is 3. The van der Waals surface area contributed by atoms with Crippen LogP contribution in [0.5, 0.6) is 0 Å². The molecule has 0 aliphatic carbocycles. The van der Waals surface area contributed by atoms with Gasteiger partial charge in [0.15, 0.2) is 0 Å². The zero-order valence-electron chi connectivity index (χ0n) is 9.64. The summed E-state index contributed by atoms with van der Waals surface area (Å²) < 4.78 is 0. The molecule has 0 aromatic carbocycles. The summed E-state index contributed by atoms with van der Waals surface area (Å²) >= 11 is 7.46. The predicted octanol–water partition coefficient (Wildman–Crippen LogP) is 3.46. The first-order valence-electron chi connectivity index (χ1n) is 5.36. The van der Waals surface area contributed by atoms with Gasteiger partial charge in [0, 0.05) is 23.3 Å². The average molecular weight is 269 g/mol. The van der Waals surface area contributed by atoms with E-state index in [2.05, 4.69) is 27.2 Å². The fraction of sp³-hybridized carbons (Fsp3) is 0.364. The summed E-state index contributed by atoms with van der Waals surface area (Å²) in [5.74, 6) is 0.740. The molecule has 6 heteroatoms. The van der Waals surface area contributed by atoms with E-state index in [-0.39, 0.29) is 11.3 Å². The van der Waals surface area contributed by atoms with E-state index in [0.29, 0.717) is 0 Å². The molecule has 0 bridgehead atoms. The first-order chi connectivity index (χ1) is 8.19. The minimum atomic E-state index is 0.167. The zero-order valence-corrected chi connectivity index (χ0v) is 11.2. The molecule has 1 unspecified atom stereocenters. The zero-order chi connectivity index (χ0) is 12.3. The molecule has 4 nitrogen and oxygen atoms in total. The Labute approximate surface area is 109 Å². The highest BCUT2D eigenvalue weighted by Crippen LogP contribution is 2.23. The van der Waals surface area contributed by atoms with Crippen molar-refractivity contribution < 1.29 is 0 Å². The Kier molecular flexibility index (Phi) is 3.91. The number of anilines is 1. The summed E-state index contributed by atoms with van der Waals surface area (Å²) in [6.07, 6.45) is 2.75. The van der Waals surface area contributed by atoms with Gasteiger partial charge in [0.25, 0.3) is 0 Å². The second-order valence-corrected chi connectivity index (χ2v) is 4.90. The van der Waals surface area contributed by atoms with Gasteiger partial charge in [0.1, 0.15) is 10.8 Å². The van der Waals surface area contributed by atoms with E-state index in [4.69, 9.17) is 11.6 Å². The van der Waals surface area contributed by atoms with Crippen molar-refractivity contribution >= 4 is 28.8 Å². The van der Waals surface area contributed by atoms with Crippen molar-refractivity contribution in [3.63, 3.8) is 0 Å². The average Bonchev–Trinajstić information content (AvgIpc) is 2.77. The quantitative estimate of drug-likeness (QED) is 0.863. The highest BCUT2D eigenvalue weighted by atomic mass is 35.5. The van der Waals surface area contributed by atoms with Crippen LogP contribution in [0.2, 0.25) is 5.28 Å². The third-order valence-electron chi connectivity index (χ3n) is 2.31. The number of hydrogen-bond acceptors (Lipinski definition) is 5. The number of aryl methyl sites for hydroxylation is 1. The monoisotopic (exact) mass is 268 g/mol. The lowest BCUT2D eigenvalue weighted by Crippen LogP contribution is -2.11. The topological polar surface area (TPSA) is 50.7 Å². The molecule has 1 N–H and O–H groups in total. The van der Waals surface area contributed by atoms with Crippen molar-refractivity contribution in [1.29, 1.82) is 0 Å². The van der Waals surface area contributed by atoms with E-state index in [1.54, 1.807) is 11.3 Å². The second-order valence-electron chi connectivity index (χ2n) is 3.64. The molecule has 0 aliphatic rings. The molecule has 0 radical (unpaired) electrons. The van der Waals surface area contributed by atoms with Crippen molar-refractivity contribution in [2.75, 3.05) is 5.32 Å². The maximum Gasteiger partial charge on any atom is 0.224 e. The molecular weight excluding hydrogens is 256 g/mol. The molecule has 2 rings (SSSR count). The van der Waals surface area contributed by atoms with Crippen LogP contribution >= 0.6 is 22.9 Å². The number of nitrogens with one attached hydrogen (secondary N) is 1. The van der Waals surface area contributed by atoms with Crippen LogP contribution in [0, 0.1) is 6.92 Å². The second kappa shape index (κ2) is 5.42. The Balaban J connectivity index is 2.18. The van der Waals surface area contributed by atoms with E-state index >= 15 is 0 Å². The molecule has 0 saturated carbocycles. The van der Waals surface area contributed by atoms with Gasteiger partial charge in [0.05, 0.1) is 6.04 Å². The van der Waals surface area contributed by atoms with Gasteiger partial charge in [-0.05, 0) is 24.9 Å². The van der Waals surface area contributed by atoms with Gasteiger partial charge < -0.3 is 5.32 Å². The predicted molar refractivity (Wildman–Crippen MR) is 70.5 cm³/mol. The molecular formula is C11H13ClN4S. The van der Waals surface area contributed by atoms with Gasteiger partial charge in [-0.15, -0.1) is 11.3 Å². The first-order valence-corrected chi connectivity index (χ1v) is 6.62. The lowest BCUT2D eigenvalue weighted by molar-refractivity contribution is 0.736. The summed E-state index contributed by atoms with van der Waals surface area (Å²) in [6.45, 7) is 4.00. The summed E-state index contributed by atoms with van der Waals surface area (Å²) in [4.78, 5) is 12.5. The van der Waals surface area contributed by atoms with Crippen LogP contribution in [0.1, 0.15) is 30.1 Å². The Morgan fingerprint density at radius 3 is 2.88 bits per heavy atom. The normalized spacial score (nSPS) is 12.4. The maximum absolute atomic E-state index is 5.83. The summed E-state index contributed by atoms with van der Waals surface area (Å²) in [5, 5.41) is 6.62. The molecule has 2 aromatic rings. The number of halogens is 1. The lowest BCUT2D eigenvalue weighted by Gasteiger charge is -2.15. The smallest absolute Gasteiger partial charge is 0.224 e. The van der Waals surface area contributed by atoms with E-state index in [1.807, 2.05) is 24.6 Å². The fourth-order valence-corrected chi connectivity index (χ4v) is 2.53. The van der Waals surface area contributed by atoms with Crippen LogP contribution in [0.25, 0.3) is 0 Å². The van der Waals surface area contributed by atoms with Crippen LogP contribution in [0.15, 0.2) is 17.6 Å². The van der Waals surface area contributed by atoms with Gasteiger partial charge in [-0.25, -0.2) is 15.0 Å². The highest BCUT2D eigenvalue weighted by Gasteiger charge is 2.12. The Morgan fingerprint density at radius 1 is 1.47 bits per heavy atom. The van der Waals surface area contributed by atoms with Crippen molar-refractivity contribution in [3.05, 3.63) is 33.6 Å². The number of rotatable bonds is 4. The molecule has 2 aromatic heterocycles. The van der Waals surface area contributed by atoms with Crippen molar-refractivity contribution in [2.24, 2.45) is 0 Å². The SMILES string of the molecule is CCC(Nc1cc(C)nc(Cl)n1)c1nccs1. The number of nitrogens with zero attached hydrogens (tertiary/aromatic N) is 3. The van der Waals surface area contributed by atoms with E-state index in [1.165, 1.54) is 0 Å². The van der Waals surface area contributed by atoms with Crippen molar-refractivity contribution in [2.45, 2.75) is 26.3 Å². The standard InChI is InChI=1S/C11H13ClN4S/c1-3-8(10-13-4-5-17-10)15-9-6-7(2)14-11(12)16-9/h4-6,8H,3H2,1-2H3,(H,14,15,16). The van der Waals surface area contributed by atoms with E-state index < -0.39 is 0 Å². The van der Waals surface area contributed by atoms with Gasteiger partial charge in [-0.1, -0.05) is 6.92 Å². The van der Waals surface area contributed by atoms with Gasteiger partial charge in [-0.2, -0.15) is 0 Å². The van der Waals surface area contributed by atoms with Crippen LogP contribution in [-0.4, -0.2) is 15.0 Å². The fourth-order valence-electron chi connectivity index (χ4n) is 1.53. The highest BCUT2D eigenvalue weighted by molar-refractivity contribution is 7.09. The maximum atomic E-state index is 5.83. The Hall–Kier alpha value is -1.20. The van der Waals surface area contributed by atoms with Crippen LogP contribution < -0.4 is 5.32 Å². The third-order valence-corrected chi connectivity index (χ3v) is 3.37. The van der Waals surface area contributed by atoms with Crippen LogP contribution in [-0.2, 0) is 0 Å². The molecule has 0 aliphatic heterocycles. The molecule has 0 saturated heterocycles. The summed E-state index contributed by atoms with van der Waals surface area (Å²) in [5.41, 5.74) is 0.849. The molecule has 90 valence electrons. The minimum absolute atomic E-state index is 0.167. The van der Waals surface area contributed by atoms with E-state index in [0.717, 1.165) is 22.9 Å². The lowest BCUT2D eigenvalue weighted by atomic mass is 10.2. The molecule has 0 fully saturated rings. The van der Waals surface area contributed by atoms with Crippen LogP contribution in [0.3, 0.4) is 0 Å². The molecule has 1 atom stereocenters.